The fraction of sp³-hybridized carbons (Fsp3) is 0.227. The molecule has 170 valence electrons. The summed E-state index contributed by atoms with van der Waals surface area (Å²) in [5, 5.41) is 4.44. The van der Waals surface area contributed by atoms with E-state index in [1.54, 1.807) is 13.0 Å². The van der Waals surface area contributed by atoms with Gasteiger partial charge in [-0.25, -0.2) is 27.2 Å². The lowest BCUT2D eigenvalue weighted by Gasteiger charge is -2.14. The molecule has 1 atom stereocenters. The fourth-order valence-corrected chi connectivity index (χ4v) is 6.51. The van der Waals surface area contributed by atoms with Crippen molar-refractivity contribution in [3.8, 4) is 10.6 Å². The van der Waals surface area contributed by atoms with Crippen molar-refractivity contribution in [1.82, 2.24) is 14.5 Å². The molecular weight excluding hydrogens is 470 g/mol. The molecule has 4 heterocycles. The summed E-state index contributed by atoms with van der Waals surface area (Å²) in [4.78, 5) is 23.0. The summed E-state index contributed by atoms with van der Waals surface area (Å²) in [6, 6.07) is 8.31. The summed E-state index contributed by atoms with van der Waals surface area (Å²) < 4.78 is 53.0. The third-order valence-corrected chi connectivity index (χ3v) is 8.24. The number of halogens is 2. The third-order valence-electron chi connectivity index (χ3n) is 5.59. The number of pyridine rings is 1. The fourth-order valence-electron chi connectivity index (χ4n) is 4.12. The largest absolute Gasteiger partial charge is 0.324 e. The lowest BCUT2D eigenvalue weighted by molar-refractivity contribution is 0.102. The van der Waals surface area contributed by atoms with Crippen molar-refractivity contribution in [2.75, 3.05) is 16.8 Å². The first-order valence-corrected chi connectivity index (χ1v) is 12.8. The molecule has 1 aliphatic rings. The first-order chi connectivity index (χ1) is 15.7. The minimum atomic E-state index is -3.14. The van der Waals surface area contributed by atoms with Crippen molar-refractivity contribution in [3.63, 3.8) is 0 Å². The SMILES string of the molecule is Cc1nc2c(C(=O)Nc3ccc(F)c(F)c3)nc(-c3cccs3)cc2n1C1CCS(=O)(=O)C1. The average molecular weight is 489 g/mol. The molecule has 7 nitrogen and oxygen atoms in total. The minimum absolute atomic E-state index is 0.00629. The number of aryl methyl sites for hydroxylation is 1. The molecule has 1 amide bonds. The van der Waals surface area contributed by atoms with Gasteiger partial charge >= 0.3 is 0 Å². The number of thiophene rings is 1. The van der Waals surface area contributed by atoms with Gasteiger partial charge in [-0.15, -0.1) is 11.3 Å². The van der Waals surface area contributed by atoms with Crippen LogP contribution in [0.5, 0.6) is 0 Å². The molecule has 4 aromatic rings. The predicted octanol–water partition coefficient (Wildman–Crippen LogP) is 4.36. The number of imidazole rings is 1. The molecule has 5 rings (SSSR count). The van der Waals surface area contributed by atoms with Crippen LogP contribution in [0, 0.1) is 18.6 Å². The van der Waals surface area contributed by atoms with Gasteiger partial charge in [-0.3, -0.25) is 4.79 Å². The van der Waals surface area contributed by atoms with E-state index >= 15 is 0 Å². The molecule has 0 aliphatic carbocycles. The Bertz CT molecular complexity index is 1500. The molecule has 1 aliphatic heterocycles. The zero-order valence-corrected chi connectivity index (χ0v) is 19.0. The Morgan fingerprint density at radius 1 is 1.18 bits per heavy atom. The molecule has 0 saturated carbocycles. The van der Waals surface area contributed by atoms with Crippen molar-refractivity contribution >= 4 is 43.8 Å². The number of fused-ring (bicyclic) bond motifs is 1. The average Bonchev–Trinajstić information content (AvgIpc) is 3.48. The maximum atomic E-state index is 13.6. The van der Waals surface area contributed by atoms with Crippen molar-refractivity contribution < 1.29 is 22.0 Å². The monoisotopic (exact) mass is 488 g/mol. The van der Waals surface area contributed by atoms with Gasteiger partial charge in [0.15, 0.2) is 27.2 Å². The van der Waals surface area contributed by atoms with Crippen LogP contribution in [0.3, 0.4) is 0 Å². The highest BCUT2D eigenvalue weighted by Gasteiger charge is 2.32. The van der Waals surface area contributed by atoms with E-state index in [2.05, 4.69) is 15.3 Å². The van der Waals surface area contributed by atoms with E-state index in [0.717, 1.165) is 17.0 Å². The number of rotatable bonds is 4. The van der Waals surface area contributed by atoms with Gasteiger partial charge in [-0.2, -0.15) is 0 Å². The molecule has 1 N–H and O–H groups in total. The van der Waals surface area contributed by atoms with Crippen LogP contribution in [0.15, 0.2) is 41.8 Å². The Balaban J connectivity index is 1.65. The summed E-state index contributed by atoms with van der Waals surface area (Å²) in [5.41, 5.74) is 1.55. The number of aromatic nitrogens is 3. The number of nitrogens with zero attached hydrogens (tertiary/aromatic N) is 3. The van der Waals surface area contributed by atoms with Gasteiger partial charge < -0.3 is 9.88 Å². The second-order valence-electron chi connectivity index (χ2n) is 7.87. The maximum absolute atomic E-state index is 13.6. The van der Waals surface area contributed by atoms with E-state index in [1.807, 2.05) is 22.1 Å². The van der Waals surface area contributed by atoms with Crippen LogP contribution in [0.1, 0.15) is 28.8 Å². The molecule has 33 heavy (non-hydrogen) atoms. The van der Waals surface area contributed by atoms with E-state index in [1.165, 1.54) is 17.4 Å². The number of hydrogen-bond acceptors (Lipinski definition) is 6. The number of amides is 1. The maximum Gasteiger partial charge on any atom is 0.276 e. The van der Waals surface area contributed by atoms with Crippen LogP contribution in [0.4, 0.5) is 14.5 Å². The second kappa shape index (κ2) is 7.99. The number of benzene rings is 1. The summed E-state index contributed by atoms with van der Waals surface area (Å²) in [5.74, 6) is -2.06. The van der Waals surface area contributed by atoms with E-state index in [-0.39, 0.29) is 28.9 Å². The highest BCUT2D eigenvalue weighted by Crippen LogP contribution is 2.33. The van der Waals surface area contributed by atoms with Gasteiger partial charge in [-0.05, 0) is 43.0 Å². The third kappa shape index (κ3) is 4.02. The van der Waals surface area contributed by atoms with E-state index in [9.17, 15) is 22.0 Å². The van der Waals surface area contributed by atoms with E-state index < -0.39 is 27.4 Å². The molecule has 1 aromatic carbocycles. The quantitative estimate of drug-likeness (QED) is 0.461. The van der Waals surface area contributed by atoms with Crippen LogP contribution in [0.2, 0.25) is 0 Å². The Hall–Kier alpha value is -3.18. The minimum Gasteiger partial charge on any atom is -0.324 e. The van der Waals surface area contributed by atoms with Crippen molar-refractivity contribution in [2.24, 2.45) is 0 Å². The molecule has 0 bridgehead atoms. The highest BCUT2D eigenvalue weighted by molar-refractivity contribution is 7.91. The molecule has 1 fully saturated rings. The number of hydrogen-bond donors (Lipinski definition) is 1. The van der Waals surface area contributed by atoms with Gasteiger partial charge in [0.2, 0.25) is 0 Å². The zero-order chi connectivity index (χ0) is 23.3. The molecule has 3 aromatic heterocycles. The summed E-state index contributed by atoms with van der Waals surface area (Å²) in [7, 11) is -3.14. The number of anilines is 1. The molecular formula is C22H18F2N4O3S2. The number of sulfone groups is 1. The van der Waals surface area contributed by atoms with Crippen LogP contribution in [-0.4, -0.2) is 40.4 Å². The van der Waals surface area contributed by atoms with Crippen LogP contribution in [0.25, 0.3) is 21.6 Å². The van der Waals surface area contributed by atoms with Crippen molar-refractivity contribution in [2.45, 2.75) is 19.4 Å². The highest BCUT2D eigenvalue weighted by atomic mass is 32.2. The van der Waals surface area contributed by atoms with Crippen LogP contribution >= 0.6 is 11.3 Å². The number of carbonyl (C=O) groups excluding carboxylic acids is 1. The standard InChI is InChI=1S/C22H18F2N4O3S2/c1-12-25-20-18(28(12)14-6-8-33(30,31)11-14)10-17(19-3-2-7-32-19)27-21(20)22(29)26-13-4-5-15(23)16(24)9-13/h2-5,7,9-10,14H,6,8,11H2,1H3,(H,26,29). The zero-order valence-electron chi connectivity index (χ0n) is 17.4. The summed E-state index contributed by atoms with van der Waals surface area (Å²) >= 11 is 1.45. The van der Waals surface area contributed by atoms with Gasteiger partial charge in [0.05, 0.1) is 33.6 Å². The number of carbonyl (C=O) groups is 1. The van der Waals surface area contributed by atoms with Crippen molar-refractivity contribution in [1.29, 1.82) is 0 Å². The van der Waals surface area contributed by atoms with Gasteiger partial charge in [-0.1, -0.05) is 6.07 Å². The first kappa shape index (κ1) is 21.7. The lowest BCUT2D eigenvalue weighted by atomic mass is 10.2. The van der Waals surface area contributed by atoms with Gasteiger partial charge in [0.25, 0.3) is 5.91 Å². The molecule has 0 radical (unpaired) electrons. The molecule has 1 saturated heterocycles. The Morgan fingerprint density at radius 3 is 2.67 bits per heavy atom. The van der Waals surface area contributed by atoms with Gasteiger partial charge in [0, 0.05) is 11.8 Å². The van der Waals surface area contributed by atoms with E-state index in [0.29, 0.717) is 29.0 Å². The Labute approximate surface area is 192 Å². The smallest absolute Gasteiger partial charge is 0.276 e. The molecule has 11 heteroatoms. The Morgan fingerprint density at radius 2 is 2.00 bits per heavy atom. The molecule has 1 unspecified atom stereocenters. The molecule has 0 spiro atoms. The number of nitrogens with one attached hydrogen (secondary N) is 1. The summed E-state index contributed by atoms with van der Waals surface area (Å²) in [6.07, 6.45) is 0.460. The van der Waals surface area contributed by atoms with Crippen molar-refractivity contribution in [3.05, 3.63) is 64.9 Å². The lowest BCUT2D eigenvalue weighted by Crippen LogP contribution is -2.16. The van der Waals surface area contributed by atoms with E-state index in [4.69, 9.17) is 0 Å². The predicted molar refractivity (Wildman–Crippen MR) is 122 cm³/mol. The van der Waals surface area contributed by atoms with Crippen LogP contribution < -0.4 is 5.32 Å². The second-order valence-corrected chi connectivity index (χ2v) is 11.0. The first-order valence-electron chi connectivity index (χ1n) is 10.1. The van der Waals surface area contributed by atoms with Gasteiger partial charge in [0.1, 0.15) is 11.3 Å². The Kier molecular flexibility index (Phi) is 5.25. The summed E-state index contributed by atoms with van der Waals surface area (Å²) in [6.45, 7) is 1.76. The normalized spacial score (nSPS) is 17.5. The van der Waals surface area contributed by atoms with Crippen LogP contribution in [-0.2, 0) is 9.84 Å². The topological polar surface area (TPSA) is 93.9 Å².